The van der Waals surface area contributed by atoms with E-state index in [0.29, 0.717) is 19.8 Å². The summed E-state index contributed by atoms with van der Waals surface area (Å²) in [6.07, 6.45) is 2.34. The molecule has 0 N–H and O–H groups in total. The van der Waals surface area contributed by atoms with Gasteiger partial charge >= 0.3 is 6.09 Å². The van der Waals surface area contributed by atoms with Crippen molar-refractivity contribution in [3.8, 4) is 0 Å². The lowest BCUT2D eigenvalue weighted by molar-refractivity contribution is 0.0614. The molecule has 1 aliphatic rings. The molecule has 0 aliphatic carbocycles. The Morgan fingerprint density at radius 3 is 2.85 bits per heavy atom. The molecule has 4 nitrogen and oxygen atoms in total. The molecule has 20 heavy (non-hydrogen) atoms. The second-order valence-electron chi connectivity index (χ2n) is 4.81. The summed E-state index contributed by atoms with van der Waals surface area (Å²) in [4.78, 5) is 13.8. The number of benzene rings is 1. The molecule has 1 aromatic carbocycles. The molecule has 1 heterocycles. The second kappa shape index (κ2) is 7.10. The van der Waals surface area contributed by atoms with Gasteiger partial charge in [0.05, 0.1) is 18.7 Å². The molecule has 4 heteroatoms. The van der Waals surface area contributed by atoms with Crippen LogP contribution < -0.4 is 0 Å². The summed E-state index contributed by atoms with van der Waals surface area (Å²) < 4.78 is 10.9. The fourth-order valence-corrected chi connectivity index (χ4v) is 2.42. The van der Waals surface area contributed by atoms with Crippen molar-refractivity contribution in [2.75, 3.05) is 13.2 Å². The Balaban J connectivity index is 1.89. The van der Waals surface area contributed by atoms with Gasteiger partial charge in [-0.25, -0.2) is 4.79 Å². The lowest BCUT2D eigenvalue weighted by atomic mass is 10.2. The van der Waals surface area contributed by atoms with Crippen LogP contribution in [0.4, 0.5) is 4.79 Å². The van der Waals surface area contributed by atoms with Crippen LogP contribution in [0.25, 0.3) is 0 Å². The van der Waals surface area contributed by atoms with Gasteiger partial charge in [0.15, 0.2) is 0 Å². The Labute approximate surface area is 120 Å². The SMILES string of the molecule is C=CC1CC(OCC)CN1C(=O)OCc1ccccc1. The third-order valence-electron chi connectivity index (χ3n) is 3.42. The van der Waals surface area contributed by atoms with E-state index in [-0.39, 0.29) is 18.2 Å². The van der Waals surface area contributed by atoms with Gasteiger partial charge in [-0.3, -0.25) is 4.90 Å². The number of amides is 1. The van der Waals surface area contributed by atoms with E-state index in [1.807, 2.05) is 37.3 Å². The van der Waals surface area contributed by atoms with E-state index in [4.69, 9.17) is 9.47 Å². The molecule has 1 aromatic rings. The molecule has 0 bridgehead atoms. The first-order valence-electron chi connectivity index (χ1n) is 6.96. The summed E-state index contributed by atoms with van der Waals surface area (Å²) in [5.74, 6) is 0. The zero-order valence-electron chi connectivity index (χ0n) is 11.8. The van der Waals surface area contributed by atoms with Gasteiger partial charge in [-0.15, -0.1) is 6.58 Å². The number of hydrogen-bond acceptors (Lipinski definition) is 3. The van der Waals surface area contributed by atoms with Crippen molar-refractivity contribution in [3.63, 3.8) is 0 Å². The highest BCUT2D eigenvalue weighted by Gasteiger charge is 2.34. The van der Waals surface area contributed by atoms with Crippen LogP contribution in [0.5, 0.6) is 0 Å². The molecule has 0 radical (unpaired) electrons. The largest absolute Gasteiger partial charge is 0.445 e. The molecule has 1 amide bonds. The first-order valence-corrected chi connectivity index (χ1v) is 6.96. The minimum Gasteiger partial charge on any atom is -0.445 e. The van der Waals surface area contributed by atoms with Gasteiger partial charge in [-0.1, -0.05) is 36.4 Å². The van der Waals surface area contributed by atoms with E-state index >= 15 is 0 Å². The molecule has 1 fully saturated rings. The number of hydrogen-bond donors (Lipinski definition) is 0. The average molecular weight is 275 g/mol. The van der Waals surface area contributed by atoms with Crippen molar-refractivity contribution in [2.24, 2.45) is 0 Å². The van der Waals surface area contributed by atoms with Gasteiger partial charge in [-0.2, -0.15) is 0 Å². The third-order valence-corrected chi connectivity index (χ3v) is 3.42. The van der Waals surface area contributed by atoms with Gasteiger partial charge in [-0.05, 0) is 18.9 Å². The van der Waals surface area contributed by atoms with Crippen LogP contribution in [-0.2, 0) is 16.1 Å². The molecule has 2 atom stereocenters. The quantitative estimate of drug-likeness (QED) is 0.775. The zero-order valence-corrected chi connectivity index (χ0v) is 11.8. The summed E-state index contributed by atoms with van der Waals surface area (Å²) in [6, 6.07) is 9.66. The predicted molar refractivity (Wildman–Crippen MR) is 77.3 cm³/mol. The van der Waals surface area contributed by atoms with Crippen LogP contribution >= 0.6 is 0 Å². The molecule has 0 spiro atoms. The maximum atomic E-state index is 12.1. The van der Waals surface area contributed by atoms with Crippen LogP contribution in [0.15, 0.2) is 43.0 Å². The minimum atomic E-state index is -0.305. The summed E-state index contributed by atoms with van der Waals surface area (Å²) >= 11 is 0. The standard InChI is InChI=1S/C16H21NO3/c1-3-14-10-15(19-4-2)11-17(14)16(18)20-12-13-8-6-5-7-9-13/h3,5-9,14-15H,1,4,10-12H2,2H3. The molecule has 0 aromatic heterocycles. The van der Waals surface area contributed by atoms with Crippen molar-refractivity contribution in [3.05, 3.63) is 48.6 Å². The van der Waals surface area contributed by atoms with Crippen molar-refractivity contribution in [1.29, 1.82) is 0 Å². The highest BCUT2D eigenvalue weighted by molar-refractivity contribution is 5.69. The molecule has 2 unspecified atom stereocenters. The van der Waals surface area contributed by atoms with Gasteiger partial charge in [0.25, 0.3) is 0 Å². The molecular formula is C16H21NO3. The normalized spacial score (nSPS) is 21.8. The summed E-state index contributed by atoms with van der Waals surface area (Å²) in [6.45, 7) is 7.25. The molecule has 0 saturated carbocycles. The maximum Gasteiger partial charge on any atom is 0.410 e. The second-order valence-corrected chi connectivity index (χ2v) is 4.81. The fourth-order valence-electron chi connectivity index (χ4n) is 2.42. The molecule has 2 rings (SSSR count). The monoisotopic (exact) mass is 275 g/mol. The number of rotatable bonds is 5. The number of carbonyl (C=O) groups is 1. The van der Waals surface area contributed by atoms with Gasteiger partial charge in [0, 0.05) is 6.61 Å². The minimum absolute atomic E-state index is 0.00479. The van der Waals surface area contributed by atoms with Crippen LogP contribution in [0.2, 0.25) is 0 Å². The van der Waals surface area contributed by atoms with E-state index in [0.717, 1.165) is 12.0 Å². The van der Waals surface area contributed by atoms with Crippen LogP contribution in [0.1, 0.15) is 18.9 Å². The Morgan fingerprint density at radius 2 is 2.20 bits per heavy atom. The fraction of sp³-hybridized carbons (Fsp3) is 0.438. The highest BCUT2D eigenvalue weighted by Crippen LogP contribution is 2.22. The number of nitrogens with zero attached hydrogens (tertiary/aromatic N) is 1. The Hall–Kier alpha value is -1.81. The van der Waals surface area contributed by atoms with Gasteiger partial charge in [0.1, 0.15) is 6.61 Å². The maximum absolute atomic E-state index is 12.1. The smallest absolute Gasteiger partial charge is 0.410 e. The number of likely N-dealkylation sites (tertiary alicyclic amines) is 1. The average Bonchev–Trinajstić information content (AvgIpc) is 2.89. The van der Waals surface area contributed by atoms with Crippen LogP contribution in [0.3, 0.4) is 0 Å². The first-order chi connectivity index (χ1) is 9.74. The Bertz CT molecular complexity index is 446. The van der Waals surface area contributed by atoms with E-state index in [1.165, 1.54) is 0 Å². The molecular weight excluding hydrogens is 254 g/mol. The molecule has 108 valence electrons. The topological polar surface area (TPSA) is 38.8 Å². The highest BCUT2D eigenvalue weighted by atomic mass is 16.6. The lowest BCUT2D eigenvalue weighted by Gasteiger charge is -2.21. The van der Waals surface area contributed by atoms with Crippen molar-refractivity contribution in [2.45, 2.75) is 32.1 Å². The van der Waals surface area contributed by atoms with Crippen molar-refractivity contribution in [1.82, 2.24) is 4.90 Å². The Morgan fingerprint density at radius 1 is 1.45 bits per heavy atom. The van der Waals surface area contributed by atoms with E-state index in [2.05, 4.69) is 6.58 Å². The summed E-state index contributed by atoms with van der Waals surface area (Å²) in [7, 11) is 0. The van der Waals surface area contributed by atoms with E-state index in [1.54, 1.807) is 11.0 Å². The number of carbonyl (C=O) groups excluding carboxylic acids is 1. The zero-order chi connectivity index (χ0) is 14.4. The number of ether oxygens (including phenoxy) is 2. The first kappa shape index (κ1) is 14.6. The predicted octanol–water partition coefficient (Wildman–Crippen LogP) is 2.99. The lowest BCUT2D eigenvalue weighted by Crippen LogP contribution is -2.35. The Kier molecular flexibility index (Phi) is 5.18. The summed E-state index contributed by atoms with van der Waals surface area (Å²) in [5.41, 5.74) is 0.983. The van der Waals surface area contributed by atoms with Crippen LogP contribution in [0, 0.1) is 0 Å². The van der Waals surface area contributed by atoms with E-state index in [9.17, 15) is 4.79 Å². The third kappa shape index (κ3) is 3.61. The van der Waals surface area contributed by atoms with E-state index < -0.39 is 0 Å². The van der Waals surface area contributed by atoms with Gasteiger partial charge in [0.2, 0.25) is 0 Å². The van der Waals surface area contributed by atoms with Crippen molar-refractivity contribution < 1.29 is 14.3 Å². The molecule has 1 saturated heterocycles. The van der Waals surface area contributed by atoms with Gasteiger partial charge < -0.3 is 9.47 Å². The van der Waals surface area contributed by atoms with Crippen LogP contribution in [-0.4, -0.2) is 36.3 Å². The van der Waals surface area contributed by atoms with Crippen molar-refractivity contribution >= 4 is 6.09 Å². The molecule has 1 aliphatic heterocycles. The summed E-state index contributed by atoms with van der Waals surface area (Å²) in [5, 5.41) is 0.